The van der Waals surface area contributed by atoms with Crippen LogP contribution in [0, 0.1) is 6.92 Å². The van der Waals surface area contributed by atoms with Gasteiger partial charge >= 0.3 is 0 Å². The molecule has 1 N–H and O–H groups in total. The summed E-state index contributed by atoms with van der Waals surface area (Å²) >= 11 is 0. The topological polar surface area (TPSA) is 111 Å². The lowest BCUT2D eigenvalue weighted by Crippen LogP contribution is -2.40. The predicted molar refractivity (Wildman–Crippen MR) is 108 cm³/mol. The Bertz CT molecular complexity index is 1070. The number of fused-ring (bicyclic) bond motifs is 1. The molecule has 0 saturated carbocycles. The van der Waals surface area contributed by atoms with E-state index in [9.17, 15) is 13.2 Å². The lowest BCUT2D eigenvalue weighted by atomic mass is 9.98. The van der Waals surface area contributed by atoms with E-state index in [1.54, 1.807) is 13.0 Å². The van der Waals surface area contributed by atoms with Gasteiger partial charge in [0.25, 0.3) is 5.91 Å². The van der Waals surface area contributed by atoms with Crippen LogP contribution in [0.4, 0.5) is 0 Å². The predicted octanol–water partition coefficient (Wildman–Crippen LogP) is 1.83. The van der Waals surface area contributed by atoms with Gasteiger partial charge in [-0.1, -0.05) is 6.42 Å². The van der Waals surface area contributed by atoms with Crippen molar-refractivity contribution in [3.63, 3.8) is 0 Å². The fourth-order valence-electron chi connectivity index (χ4n) is 3.84. The molecule has 1 saturated heterocycles. The van der Waals surface area contributed by atoms with E-state index in [0.717, 1.165) is 12.8 Å². The smallest absolute Gasteiger partial charge is 0.254 e. The first kappa shape index (κ1) is 20.5. The Morgan fingerprint density at radius 1 is 1.20 bits per heavy atom. The Balaban J connectivity index is 1.76. The first-order chi connectivity index (χ1) is 14.4. The fraction of sp³-hybridized carbons (Fsp3) is 0.450. The Labute approximate surface area is 175 Å². The summed E-state index contributed by atoms with van der Waals surface area (Å²) in [5.41, 5.74) is 0.722. The second-order valence-electron chi connectivity index (χ2n) is 7.23. The molecule has 0 spiro atoms. The normalized spacial score (nSPS) is 19.3. The molecule has 2 aliphatic heterocycles. The highest BCUT2D eigenvalue weighted by molar-refractivity contribution is 7.89. The molecule has 0 radical (unpaired) electrons. The number of carbonyl (C=O) groups excluding carboxylic acids is 1. The number of carbonyl (C=O) groups is 1. The van der Waals surface area contributed by atoms with E-state index in [1.165, 1.54) is 29.7 Å². The summed E-state index contributed by atoms with van der Waals surface area (Å²) in [4.78, 5) is 21.1. The van der Waals surface area contributed by atoms with Gasteiger partial charge in [0, 0.05) is 25.9 Å². The van der Waals surface area contributed by atoms with Crippen LogP contribution in [0.15, 0.2) is 29.3 Å². The lowest BCUT2D eigenvalue weighted by Gasteiger charge is -2.35. The molecule has 0 unspecified atom stereocenters. The molecule has 0 bridgehead atoms. The van der Waals surface area contributed by atoms with E-state index >= 15 is 0 Å². The van der Waals surface area contributed by atoms with Gasteiger partial charge in [0.2, 0.25) is 10.0 Å². The van der Waals surface area contributed by atoms with Crippen LogP contribution in [0.1, 0.15) is 47.2 Å². The van der Waals surface area contributed by atoms with Gasteiger partial charge in [-0.15, -0.1) is 0 Å². The maximum absolute atomic E-state index is 13.6. The minimum absolute atomic E-state index is 0.130. The second kappa shape index (κ2) is 8.19. The highest BCUT2D eigenvalue weighted by atomic mass is 32.2. The van der Waals surface area contributed by atoms with Crippen molar-refractivity contribution in [2.45, 2.75) is 37.1 Å². The summed E-state index contributed by atoms with van der Waals surface area (Å²) in [6.07, 6.45) is 3.61. The van der Waals surface area contributed by atoms with Gasteiger partial charge < -0.3 is 14.8 Å². The average Bonchev–Trinajstić information content (AvgIpc) is 2.78. The molecule has 2 aliphatic rings. The number of hydrogen-bond donors (Lipinski definition) is 1. The molecule has 9 nitrogen and oxygen atoms in total. The zero-order valence-corrected chi connectivity index (χ0v) is 17.7. The molecular weight excluding hydrogens is 408 g/mol. The van der Waals surface area contributed by atoms with Crippen molar-refractivity contribution in [2.24, 2.45) is 0 Å². The third-order valence-corrected chi connectivity index (χ3v) is 7.20. The van der Waals surface area contributed by atoms with Crippen LogP contribution in [-0.4, -0.2) is 55.4 Å². The van der Waals surface area contributed by atoms with E-state index < -0.39 is 16.1 Å². The molecule has 2 aromatic rings. The number of nitrogens with one attached hydrogen (secondary N) is 1. The van der Waals surface area contributed by atoms with Crippen LogP contribution in [-0.2, 0) is 10.0 Å². The Morgan fingerprint density at radius 3 is 2.73 bits per heavy atom. The standard InChI is InChI=1S/C20H24N4O5S/c1-13-22-12-15(20(25)21-2)19(23-13)16-5-3-4-8-24(16)30(26,27)14-6-7-17-18(11-14)29-10-9-28-17/h6-7,11-12,16H,3-5,8-10H2,1-2H3,(H,21,25)/t16-/m0/s1. The summed E-state index contributed by atoms with van der Waals surface area (Å²) in [7, 11) is -2.32. The highest BCUT2D eigenvalue weighted by Gasteiger charge is 2.37. The number of piperidine rings is 1. The van der Waals surface area contributed by atoms with Gasteiger partial charge in [0.05, 0.1) is 22.2 Å². The van der Waals surface area contributed by atoms with Crippen molar-refractivity contribution in [3.05, 3.63) is 41.5 Å². The quantitative estimate of drug-likeness (QED) is 0.785. The first-order valence-electron chi connectivity index (χ1n) is 9.89. The van der Waals surface area contributed by atoms with Crippen molar-refractivity contribution < 1.29 is 22.7 Å². The second-order valence-corrected chi connectivity index (χ2v) is 9.12. The van der Waals surface area contributed by atoms with Crippen LogP contribution in [0.5, 0.6) is 11.5 Å². The number of aromatic nitrogens is 2. The lowest BCUT2D eigenvalue weighted by molar-refractivity contribution is 0.0958. The average molecular weight is 433 g/mol. The zero-order chi connectivity index (χ0) is 21.3. The zero-order valence-electron chi connectivity index (χ0n) is 16.9. The van der Waals surface area contributed by atoms with E-state index in [4.69, 9.17) is 9.47 Å². The fourth-order valence-corrected chi connectivity index (χ4v) is 5.51. The number of benzene rings is 1. The van der Waals surface area contributed by atoms with E-state index in [-0.39, 0.29) is 16.4 Å². The molecule has 3 heterocycles. The monoisotopic (exact) mass is 432 g/mol. The third kappa shape index (κ3) is 3.72. The SMILES string of the molecule is CNC(=O)c1cnc(C)nc1[C@@H]1CCCCN1S(=O)(=O)c1ccc2c(c1)OCCO2. The maximum Gasteiger partial charge on any atom is 0.254 e. The molecule has 10 heteroatoms. The molecule has 1 fully saturated rings. The minimum atomic E-state index is -3.85. The Morgan fingerprint density at radius 2 is 1.97 bits per heavy atom. The number of ether oxygens (including phenoxy) is 2. The van der Waals surface area contributed by atoms with Gasteiger partial charge in [-0.2, -0.15) is 4.31 Å². The van der Waals surface area contributed by atoms with Crippen molar-refractivity contribution in [3.8, 4) is 11.5 Å². The number of sulfonamides is 1. The van der Waals surface area contributed by atoms with Crippen LogP contribution >= 0.6 is 0 Å². The van der Waals surface area contributed by atoms with Gasteiger partial charge in [-0.25, -0.2) is 18.4 Å². The molecule has 30 heavy (non-hydrogen) atoms. The van der Waals surface area contributed by atoms with Gasteiger partial charge in [0.1, 0.15) is 19.0 Å². The number of aryl methyl sites for hydroxylation is 1. The number of rotatable bonds is 4. The van der Waals surface area contributed by atoms with E-state index in [0.29, 0.717) is 49.2 Å². The van der Waals surface area contributed by atoms with Crippen LogP contribution < -0.4 is 14.8 Å². The first-order valence-corrected chi connectivity index (χ1v) is 11.3. The highest BCUT2D eigenvalue weighted by Crippen LogP contribution is 2.38. The third-order valence-electron chi connectivity index (χ3n) is 5.30. The van der Waals surface area contributed by atoms with E-state index in [1.807, 2.05) is 0 Å². The summed E-state index contributed by atoms with van der Waals surface area (Å²) in [6.45, 7) is 2.87. The molecule has 0 aliphatic carbocycles. The summed E-state index contributed by atoms with van der Waals surface area (Å²) < 4.78 is 39.7. The minimum Gasteiger partial charge on any atom is -0.486 e. The summed E-state index contributed by atoms with van der Waals surface area (Å²) in [6, 6.07) is 4.09. The Kier molecular flexibility index (Phi) is 5.61. The molecule has 160 valence electrons. The summed E-state index contributed by atoms with van der Waals surface area (Å²) in [5.74, 6) is 1.09. The molecule has 1 aromatic carbocycles. The molecule has 1 atom stereocenters. The van der Waals surface area contributed by atoms with Crippen LogP contribution in [0.3, 0.4) is 0 Å². The molecule has 4 rings (SSSR count). The molecule has 1 aromatic heterocycles. The van der Waals surface area contributed by atoms with E-state index in [2.05, 4.69) is 15.3 Å². The maximum atomic E-state index is 13.6. The summed E-state index contributed by atoms with van der Waals surface area (Å²) in [5, 5.41) is 2.58. The van der Waals surface area contributed by atoms with Gasteiger partial charge in [-0.3, -0.25) is 4.79 Å². The molecular formula is C20H24N4O5S. The molecule has 1 amide bonds. The van der Waals surface area contributed by atoms with Crippen molar-refractivity contribution >= 4 is 15.9 Å². The van der Waals surface area contributed by atoms with Crippen LogP contribution in [0.25, 0.3) is 0 Å². The Hall–Kier alpha value is -2.72. The van der Waals surface area contributed by atoms with Gasteiger partial charge in [0.15, 0.2) is 11.5 Å². The van der Waals surface area contributed by atoms with Gasteiger partial charge in [-0.05, 0) is 31.9 Å². The van der Waals surface area contributed by atoms with Crippen molar-refractivity contribution in [2.75, 3.05) is 26.8 Å². The van der Waals surface area contributed by atoms with Crippen molar-refractivity contribution in [1.82, 2.24) is 19.6 Å². The van der Waals surface area contributed by atoms with Crippen LogP contribution in [0.2, 0.25) is 0 Å². The number of nitrogens with zero attached hydrogens (tertiary/aromatic N) is 3. The largest absolute Gasteiger partial charge is 0.486 e. The van der Waals surface area contributed by atoms with Crippen molar-refractivity contribution in [1.29, 1.82) is 0 Å². The number of amides is 1. The number of hydrogen-bond acceptors (Lipinski definition) is 7.